The molecule has 2 aromatic rings. The Hall–Kier alpha value is -1.92. The average Bonchev–Trinajstić information content (AvgIpc) is 3.06. The third kappa shape index (κ3) is 2.39. The minimum Gasteiger partial charge on any atom is -0.376 e. The molecule has 3 rings (SSSR count). The van der Waals surface area contributed by atoms with Crippen molar-refractivity contribution in [3.8, 4) is 0 Å². The molecule has 1 saturated heterocycles. The van der Waals surface area contributed by atoms with Crippen LogP contribution < -0.4 is 5.32 Å². The first-order valence-corrected chi connectivity index (χ1v) is 6.64. The summed E-state index contributed by atoms with van der Waals surface area (Å²) < 4.78 is 16.0. The zero-order valence-electron chi connectivity index (χ0n) is 11.2. The zero-order valence-corrected chi connectivity index (χ0v) is 11.2. The molecule has 106 valence electrons. The molecular weight excluding hydrogens is 260 g/mol. The number of rotatable bonds is 4. The number of hydrogen-bond acceptors (Lipinski definition) is 5. The highest BCUT2D eigenvalue weighted by molar-refractivity contribution is 6.03. The van der Waals surface area contributed by atoms with E-state index in [1.165, 1.54) is 0 Å². The van der Waals surface area contributed by atoms with Gasteiger partial charge in [-0.15, -0.1) is 0 Å². The fourth-order valence-corrected chi connectivity index (χ4v) is 2.33. The van der Waals surface area contributed by atoms with E-state index in [4.69, 9.17) is 14.0 Å². The number of benzene rings is 1. The average molecular weight is 276 g/mol. The van der Waals surface area contributed by atoms with Crippen LogP contribution in [0.4, 0.5) is 0 Å². The van der Waals surface area contributed by atoms with E-state index in [1.807, 2.05) is 25.1 Å². The van der Waals surface area contributed by atoms with Crippen LogP contribution in [0.25, 0.3) is 10.9 Å². The van der Waals surface area contributed by atoms with E-state index < -0.39 is 0 Å². The highest BCUT2D eigenvalue weighted by Gasteiger charge is 2.31. The lowest BCUT2D eigenvalue weighted by Crippen LogP contribution is -2.43. The van der Waals surface area contributed by atoms with Gasteiger partial charge >= 0.3 is 0 Å². The van der Waals surface area contributed by atoms with Crippen LogP contribution >= 0.6 is 0 Å². The number of fused-ring (bicyclic) bond motifs is 1. The van der Waals surface area contributed by atoms with Crippen molar-refractivity contribution < 1.29 is 18.8 Å². The molecule has 0 unspecified atom stereocenters. The molecule has 1 aromatic heterocycles. The van der Waals surface area contributed by atoms with Gasteiger partial charge in [0.15, 0.2) is 0 Å². The summed E-state index contributed by atoms with van der Waals surface area (Å²) >= 11 is 0. The molecule has 1 fully saturated rings. The predicted molar refractivity (Wildman–Crippen MR) is 71.5 cm³/mol. The topological polar surface area (TPSA) is 73.6 Å². The molecule has 0 bridgehead atoms. The first kappa shape index (κ1) is 13.1. The number of carbonyl (C=O) groups excluding carboxylic acids is 1. The highest BCUT2D eigenvalue weighted by Crippen LogP contribution is 2.18. The molecule has 1 aliphatic heterocycles. The summed E-state index contributed by atoms with van der Waals surface area (Å²) in [5.74, 6) is -0.0679. The first-order valence-electron chi connectivity index (χ1n) is 6.64. The van der Waals surface area contributed by atoms with Gasteiger partial charge in [0.2, 0.25) is 5.76 Å². The molecule has 6 heteroatoms. The van der Waals surface area contributed by atoms with Gasteiger partial charge in [0, 0.05) is 6.61 Å². The Labute approximate surface area is 116 Å². The van der Waals surface area contributed by atoms with Gasteiger partial charge < -0.3 is 19.3 Å². The van der Waals surface area contributed by atoms with Crippen molar-refractivity contribution in [3.05, 3.63) is 30.0 Å². The molecule has 1 aliphatic rings. The Morgan fingerprint density at radius 3 is 3.15 bits per heavy atom. The van der Waals surface area contributed by atoms with E-state index >= 15 is 0 Å². The van der Waals surface area contributed by atoms with Gasteiger partial charge in [0.05, 0.1) is 24.6 Å². The number of nitrogens with zero attached hydrogens (tertiary/aromatic N) is 1. The normalized spacial score (nSPS) is 22.2. The van der Waals surface area contributed by atoms with Crippen LogP contribution in [0.15, 0.2) is 28.8 Å². The second-order valence-electron chi connectivity index (χ2n) is 4.64. The minimum atomic E-state index is -0.293. The van der Waals surface area contributed by atoms with Crippen LogP contribution in [-0.2, 0) is 9.47 Å². The van der Waals surface area contributed by atoms with Gasteiger partial charge in [0.1, 0.15) is 11.6 Å². The molecule has 2 atom stereocenters. The molecule has 1 N–H and O–H groups in total. The Bertz CT molecular complexity index is 610. The number of amides is 1. The van der Waals surface area contributed by atoms with Crippen LogP contribution in [0, 0.1) is 0 Å². The zero-order chi connectivity index (χ0) is 13.9. The summed E-state index contributed by atoms with van der Waals surface area (Å²) in [4.78, 5) is 12.3. The van der Waals surface area contributed by atoms with Gasteiger partial charge in [-0.25, -0.2) is 0 Å². The smallest absolute Gasteiger partial charge is 0.290 e. The molecule has 0 spiro atoms. The van der Waals surface area contributed by atoms with E-state index in [1.54, 1.807) is 6.07 Å². The third-order valence-electron chi connectivity index (χ3n) is 3.32. The summed E-state index contributed by atoms with van der Waals surface area (Å²) in [6, 6.07) is 7.15. The van der Waals surface area contributed by atoms with Gasteiger partial charge in [0.25, 0.3) is 5.91 Å². The Kier molecular flexibility index (Phi) is 3.66. The number of ether oxygens (including phenoxy) is 2. The van der Waals surface area contributed by atoms with Crippen molar-refractivity contribution in [1.82, 2.24) is 10.5 Å². The monoisotopic (exact) mass is 276 g/mol. The molecule has 6 nitrogen and oxygen atoms in total. The van der Waals surface area contributed by atoms with Crippen molar-refractivity contribution in [3.63, 3.8) is 0 Å². The van der Waals surface area contributed by atoms with Crippen molar-refractivity contribution in [2.24, 2.45) is 0 Å². The number of aromatic nitrogens is 1. The largest absolute Gasteiger partial charge is 0.376 e. The second-order valence-corrected chi connectivity index (χ2v) is 4.64. The summed E-state index contributed by atoms with van der Waals surface area (Å²) in [6.07, 6.45) is -0.113. The first-order chi connectivity index (χ1) is 9.79. The fourth-order valence-electron chi connectivity index (χ4n) is 2.33. The number of nitrogens with one attached hydrogen (secondary N) is 1. The lowest BCUT2D eigenvalue weighted by Gasteiger charge is -2.18. The van der Waals surface area contributed by atoms with E-state index in [-0.39, 0.29) is 23.8 Å². The maximum Gasteiger partial charge on any atom is 0.290 e. The highest BCUT2D eigenvalue weighted by atomic mass is 16.5. The molecule has 0 radical (unpaired) electrons. The summed E-state index contributed by atoms with van der Waals surface area (Å²) in [5.41, 5.74) is 0.668. The Morgan fingerprint density at radius 2 is 2.30 bits per heavy atom. The van der Waals surface area contributed by atoms with Crippen LogP contribution in [0.1, 0.15) is 17.5 Å². The molecule has 20 heavy (non-hydrogen) atoms. The van der Waals surface area contributed by atoms with Gasteiger partial charge in [-0.1, -0.05) is 17.3 Å². The molecule has 0 aliphatic carbocycles. The Morgan fingerprint density at radius 1 is 1.45 bits per heavy atom. The lowest BCUT2D eigenvalue weighted by atomic mass is 10.2. The van der Waals surface area contributed by atoms with Crippen molar-refractivity contribution in [2.75, 3.05) is 19.8 Å². The molecule has 2 heterocycles. The lowest BCUT2D eigenvalue weighted by molar-refractivity contribution is 0.0399. The van der Waals surface area contributed by atoms with Gasteiger partial charge in [-0.05, 0) is 19.1 Å². The van der Waals surface area contributed by atoms with E-state index in [0.29, 0.717) is 30.7 Å². The molecule has 1 aromatic carbocycles. The quantitative estimate of drug-likeness (QED) is 0.912. The van der Waals surface area contributed by atoms with Crippen molar-refractivity contribution >= 4 is 16.8 Å². The minimum absolute atomic E-state index is 0.113. The summed E-state index contributed by atoms with van der Waals surface area (Å²) in [6.45, 7) is 3.45. The third-order valence-corrected chi connectivity index (χ3v) is 3.32. The maximum atomic E-state index is 12.3. The SMILES string of the molecule is CCO[C@@H]1COC[C@H]1NC(=O)c1onc2ccccc12. The van der Waals surface area contributed by atoms with E-state index in [2.05, 4.69) is 10.5 Å². The summed E-state index contributed by atoms with van der Waals surface area (Å²) in [5, 5.41) is 7.46. The summed E-state index contributed by atoms with van der Waals surface area (Å²) in [7, 11) is 0. The Balaban J connectivity index is 1.76. The second kappa shape index (κ2) is 5.60. The maximum absolute atomic E-state index is 12.3. The van der Waals surface area contributed by atoms with Gasteiger partial charge in [-0.2, -0.15) is 0 Å². The molecule has 1 amide bonds. The van der Waals surface area contributed by atoms with Crippen molar-refractivity contribution in [1.29, 1.82) is 0 Å². The number of carbonyl (C=O) groups is 1. The van der Waals surface area contributed by atoms with Crippen molar-refractivity contribution in [2.45, 2.75) is 19.1 Å². The van der Waals surface area contributed by atoms with Crippen LogP contribution in [0.3, 0.4) is 0 Å². The van der Waals surface area contributed by atoms with E-state index in [9.17, 15) is 4.79 Å². The van der Waals surface area contributed by atoms with Crippen LogP contribution in [0.2, 0.25) is 0 Å². The molecule has 0 saturated carbocycles. The standard InChI is InChI=1S/C14H16N2O4/c1-2-19-12-8-18-7-11(12)15-14(17)13-9-5-3-4-6-10(9)16-20-13/h3-6,11-12H,2,7-8H2,1H3,(H,15,17)/t11-,12-/m1/s1. The van der Waals surface area contributed by atoms with Gasteiger partial charge in [-0.3, -0.25) is 4.79 Å². The van der Waals surface area contributed by atoms with E-state index in [0.717, 1.165) is 0 Å². The van der Waals surface area contributed by atoms with Crippen LogP contribution in [-0.4, -0.2) is 43.0 Å². The van der Waals surface area contributed by atoms with Crippen LogP contribution in [0.5, 0.6) is 0 Å². The number of hydrogen-bond donors (Lipinski definition) is 1. The molecular formula is C14H16N2O4. The fraction of sp³-hybridized carbons (Fsp3) is 0.429. The predicted octanol–water partition coefficient (Wildman–Crippen LogP) is 1.36.